The number of rotatable bonds is 7. The third kappa shape index (κ3) is 5.67. The lowest BCUT2D eigenvalue weighted by molar-refractivity contribution is -0.120. The standard InChI is InChI=1S/C21H23N3O3/c1-14-5-7-16(8-6-14)20(26)23-13-19(25)22-12-15-3-2-4-18(11-15)24-21(27)17-9-10-17/h2-8,11,17H,9-10,12-13H2,1H3,(H,22,25)(H,23,26)(H,24,27). The van der Waals surface area contributed by atoms with E-state index in [0.29, 0.717) is 12.1 Å². The topological polar surface area (TPSA) is 87.3 Å². The maximum absolute atomic E-state index is 12.0. The van der Waals surface area contributed by atoms with Gasteiger partial charge in [-0.3, -0.25) is 14.4 Å². The summed E-state index contributed by atoms with van der Waals surface area (Å²) in [6, 6.07) is 14.5. The fourth-order valence-electron chi connectivity index (χ4n) is 2.58. The molecule has 0 bridgehead atoms. The van der Waals surface area contributed by atoms with Gasteiger partial charge in [-0.15, -0.1) is 0 Å². The molecule has 0 saturated heterocycles. The highest BCUT2D eigenvalue weighted by molar-refractivity contribution is 5.96. The number of benzene rings is 2. The highest BCUT2D eigenvalue weighted by Crippen LogP contribution is 2.30. The van der Waals surface area contributed by atoms with Crippen LogP contribution in [0.15, 0.2) is 48.5 Å². The van der Waals surface area contributed by atoms with Gasteiger partial charge in [-0.1, -0.05) is 29.8 Å². The molecular formula is C21H23N3O3. The van der Waals surface area contributed by atoms with E-state index in [1.54, 1.807) is 12.1 Å². The number of amides is 3. The molecule has 3 amide bonds. The van der Waals surface area contributed by atoms with Crippen molar-refractivity contribution in [2.45, 2.75) is 26.3 Å². The maximum atomic E-state index is 12.0. The van der Waals surface area contributed by atoms with E-state index in [2.05, 4.69) is 16.0 Å². The van der Waals surface area contributed by atoms with Crippen molar-refractivity contribution in [2.75, 3.05) is 11.9 Å². The zero-order valence-corrected chi connectivity index (χ0v) is 15.2. The molecule has 0 aromatic heterocycles. The van der Waals surface area contributed by atoms with E-state index in [-0.39, 0.29) is 30.2 Å². The Labute approximate surface area is 158 Å². The fraction of sp³-hybridized carbons (Fsp3) is 0.286. The van der Waals surface area contributed by atoms with Gasteiger partial charge in [0.05, 0.1) is 6.54 Å². The van der Waals surface area contributed by atoms with Crippen LogP contribution in [0.4, 0.5) is 5.69 Å². The average Bonchev–Trinajstić information content (AvgIpc) is 3.50. The number of hydrogen-bond acceptors (Lipinski definition) is 3. The summed E-state index contributed by atoms with van der Waals surface area (Å²) in [6.07, 6.45) is 1.91. The predicted octanol–water partition coefficient (Wildman–Crippen LogP) is 2.39. The Bertz CT molecular complexity index is 842. The Balaban J connectivity index is 1.44. The molecule has 0 spiro atoms. The van der Waals surface area contributed by atoms with Crippen LogP contribution in [0.25, 0.3) is 0 Å². The number of nitrogens with one attached hydrogen (secondary N) is 3. The van der Waals surface area contributed by atoms with Gasteiger partial charge in [0, 0.05) is 23.7 Å². The van der Waals surface area contributed by atoms with Crippen LogP contribution in [-0.4, -0.2) is 24.3 Å². The Morgan fingerprint density at radius 2 is 1.74 bits per heavy atom. The highest BCUT2D eigenvalue weighted by Gasteiger charge is 2.29. The second-order valence-electron chi connectivity index (χ2n) is 6.79. The van der Waals surface area contributed by atoms with Gasteiger partial charge in [-0.05, 0) is 49.6 Å². The molecule has 140 valence electrons. The molecule has 1 aliphatic carbocycles. The van der Waals surface area contributed by atoms with Gasteiger partial charge in [-0.2, -0.15) is 0 Å². The smallest absolute Gasteiger partial charge is 0.251 e. The number of carbonyl (C=O) groups excluding carboxylic acids is 3. The first-order chi connectivity index (χ1) is 13.0. The van der Waals surface area contributed by atoms with E-state index in [1.807, 2.05) is 43.3 Å². The fourth-order valence-corrected chi connectivity index (χ4v) is 2.58. The van der Waals surface area contributed by atoms with Crippen molar-refractivity contribution in [1.29, 1.82) is 0 Å². The first-order valence-corrected chi connectivity index (χ1v) is 9.02. The van der Waals surface area contributed by atoms with Crippen LogP contribution >= 0.6 is 0 Å². The summed E-state index contributed by atoms with van der Waals surface area (Å²) in [6.45, 7) is 2.18. The predicted molar refractivity (Wildman–Crippen MR) is 103 cm³/mol. The Kier molecular flexibility index (Phi) is 5.86. The molecule has 3 N–H and O–H groups in total. The second-order valence-corrected chi connectivity index (χ2v) is 6.79. The third-order valence-corrected chi connectivity index (χ3v) is 4.36. The van der Waals surface area contributed by atoms with Crippen LogP contribution in [0.1, 0.15) is 34.3 Å². The van der Waals surface area contributed by atoms with Gasteiger partial charge >= 0.3 is 0 Å². The summed E-state index contributed by atoms with van der Waals surface area (Å²) in [5, 5.41) is 8.25. The number of aryl methyl sites for hydroxylation is 1. The van der Waals surface area contributed by atoms with Crippen molar-refractivity contribution in [3.05, 3.63) is 65.2 Å². The summed E-state index contributed by atoms with van der Waals surface area (Å²) >= 11 is 0. The van der Waals surface area contributed by atoms with Crippen molar-refractivity contribution in [2.24, 2.45) is 5.92 Å². The lowest BCUT2D eigenvalue weighted by atomic mass is 10.1. The molecule has 27 heavy (non-hydrogen) atoms. The molecule has 0 aliphatic heterocycles. The summed E-state index contributed by atoms with van der Waals surface area (Å²) in [5.74, 6) is -0.363. The normalized spacial score (nSPS) is 12.9. The van der Waals surface area contributed by atoms with E-state index in [0.717, 1.165) is 29.7 Å². The van der Waals surface area contributed by atoms with Gasteiger partial charge in [0.1, 0.15) is 0 Å². The molecule has 1 saturated carbocycles. The van der Waals surface area contributed by atoms with Crippen molar-refractivity contribution < 1.29 is 14.4 Å². The molecule has 6 heteroatoms. The van der Waals surface area contributed by atoms with Crippen LogP contribution in [0.3, 0.4) is 0 Å². The molecule has 1 aliphatic rings. The molecule has 3 rings (SSSR count). The lowest BCUT2D eigenvalue weighted by Gasteiger charge is -2.09. The molecule has 0 radical (unpaired) electrons. The largest absolute Gasteiger partial charge is 0.350 e. The minimum atomic E-state index is -0.282. The zero-order chi connectivity index (χ0) is 19.2. The number of carbonyl (C=O) groups is 3. The van der Waals surface area contributed by atoms with Crippen molar-refractivity contribution in [1.82, 2.24) is 10.6 Å². The van der Waals surface area contributed by atoms with Crippen LogP contribution < -0.4 is 16.0 Å². The van der Waals surface area contributed by atoms with Crippen LogP contribution in [0.2, 0.25) is 0 Å². The second kappa shape index (κ2) is 8.49. The minimum absolute atomic E-state index is 0.0509. The Morgan fingerprint density at radius 3 is 2.44 bits per heavy atom. The van der Waals surface area contributed by atoms with Crippen LogP contribution in [0.5, 0.6) is 0 Å². The summed E-state index contributed by atoms with van der Waals surface area (Å²) in [5.41, 5.74) is 3.19. The lowest BCUT2D eigenvalue weighted by Crippen LogP contribution is -2.36. The maximum Gasteiger partial charge on any atom is 0.251 e. The number of anilines is 1. The van der Waals surface area contributed by atoms with Gasteiger partial charge in [0.25, 0.3) is 5.91 Å². The van der Waals surface area contributed by atoms with E-state index in [1.165, 1.54) is 0 Å². The van der Waals surface area contributed by atoms with Gasteiger partial charge in [0.2, 0.25) is 11.8 Å². The van der Waals surface area contributed by atoms with E-state index in [4.69, 9.17) is 0 Å². The summed E-state index contributed by atoms with van der Waals surface area (Å²) < 4.78 is 0. The Morgan fingerprint density at radius 1 is 1.00 bits per heavy atom. The average molecular weight is 365 g/mol. The van der Waals surface area contributed by atoms with Crippen LogP contribution in [-0.2, 0) is 16.1 Å². The molecule has 0 atom stereocenters. The highest BCUT2D eigenvalue weighted by atomic mass is 16.2. The summed E-state index contributed by atoms with van der Waals surface area (Å²) in [4.78, 5) is 35.8. The minimum Gasteiger partial charge on any atom is -0.350 e. The molecule has 2 aromatic carbocycles. The van der Waals surface area contributed by atoms with Gasteiger partial charge in [-0.25, -0.2) is 0 Å². The quantitative estimate of drug-likeness (QED) is 0.704. The molecule has 0 heterocycles. The van der Waals surface area contributed by atoms with E-state index in [9.17, 15) is 14.4 Å². The molecule has 2 aromatic rings. The molecule has 0 unspecified atom stereocenters. The molecule has 6 nitrogen and oxygen atoms in total. The van der Waals surface area contributed by atoms with Gasteiger partial charge in [0.15, 0.2) is 0 Å². The first kappa shape index (κ1) is 18.6. The van der Waals surface area contributed by atoms with Crippen molar-refractivity contribution in [3.8, 4) is 0 Å². The van der Waals surface area contributed by atoms with Crippen molar-refractivity contribution >= 4 is 23.4 Å². The van der Waals surface area contributed by atoms with E-state index < -0.39 is 0 Å². The van der Waals surface area contributed by atoms with Crippen molar-refractivity contribution in [3.63, 3.8) is 0 Å². The summed E-state index contributed by atoms with van der Waals surface area (Å²) in [7, 11) is 0. The SMILES string of the molecule is Cc1ccc(C(=O)NCC(=O)NCc2cccc(NC(=O)C3CC3)c2)cc1. The number of hydrogen-bond donors (Lipinski definition) is 3. The van der Waals surface area contributed by atoms with Crippen LogP contribution in [0, 0.1) is 12.8 Å². The first-order valence-electron chi connectivity index (χ1n) is 9.02. The Hall–Kier alpha value is -3.15. The van der Waals surface area contributed by atoms with Gasteiger partial charge < -0.3 is 16.0 Å². The van der Waals surface area contributed by atoms with E-state index >= 15 is 0 Å². The monoisotopic (exact) mass is 365 g/mol. The molecular weight excluding hydrogens is 342 g/mol. The zero-order valence-electron chi connectivity index (χ0n) is 15.2. The molecule has 1 fully saturated rings. The third-order valence-electron chi connectivity index (χ3n) is 4.36.